The quantitative estimate of drug-likeness (QED) is 0.0199. The summed E-state index contributed by atoms with van der Waals surface area (Å²) in [5.41, 5.74) is 1.20. The maximum atomic E-state index is 15.2. The molecule has 0 spiro atoms. The number of nitro groups is 2. The summed E-state index contributed by atoms with van der Waals surface area (Å²) in [7, 11) is -5.19. The van der Waals surface area contributed by atoms with Gasteiger partial charge in [0.25, 0.3) is 33.3 Å². The molecule has 0 aromatic heterocycles. The van der Waals surface area contributed by atoms with Crippen molar-refractivity contribution in [3.05, 3.63) is 180 Å². The van der Waals surface area contributed by atoms with Crippen molar-refractivity contribution in [2.24, 2.45) is 10.8 Å². The molecule has 9 rings (SSSR count). The highest BCUT2D eigenvalue weighted by molar-refractivity contribution is 7.85. The molecule has 2 aliphatic carbocycles. The predicted octanol–water partition coefficient (Wildman–Crippen LogP) is 6.23. The number of fused-ring (bicyclic) bond motifs is 2. The van der Waals surface area contributed by atoms with E-state index in [1.807, 2.05) is 48.5 Å². The summed E-state index contributed by atoms with van der Waals surface area (Å²) in [6.45, 7) is 11.3. The molecule has 0 bridgehead atoms. The van der Waals surface area contributed by atoms with Crippen LogP contribution in [0.1, 0.15) is 160 Å². The first kappa shape index (κ1) is 77.3. The smallest absolute Gasteiger partial charge is 0.408 e. The number of aryl methyl sites for hydroxylation is 2. The lowest BCUT2D eigenvalue weighted by molar-refractivity contribution is -0.385. The van der Waals surface area contributed by atoms with Crippen molar-refractivity contribution in [3.63, 3.8) is 0 Å². The monoisotopic (exact) mass is 1450 g/mol. The highest BCUT2D eigenvalue weighted by Crippen LogP contribution is 2.35. The number of likely N-dealkylation sites (tertiary alicyclic amines) is 2. The van der Waals surface area contributed by atoms with Crippen LogP contribution in [0.4, 0.5) is 21.0 Å². The van der Waals surface area contributed by atoms with Crippen LogP contribution in [-0.4, -0.2) is 153 Å². The highest BCUT2D eigenvalue weighted by Gasteiger charge is 2.49. The second-order valence-electron chi connectivity index (χ2n) is 28.7. The molecule has 5 aromatic rings. The lowest BCUT2D eigenvalue weighted by atomic mass is 9.85. The van der Waals surface area contributed by atoms with E-state index in [1.54, 1.807) is 41.5 Å². The van der Waals surface area contributed by atoms with Gasteiger partial charge in [-0.05, 0) is 152 Å². The maximum Gasteiger partial charge on any atom is 0.408 e. The number of hydrogen-bond acceptors (Lipinski definition) is 18. The fourth-order valence-corrected chi connectivity index (χ4v) is 13.8. The molecule has 10 amide bonds. The Kier molecular flexibility index (Phi) is 24.2. The van der Waals surface area contributed by atoms with Gasteiger partial charge in [-0.25, -0.2) is 9.59 Å². The molecule has 2 heterocycles. The molecule has 9 N–H and O–H groups in total. The van der Waals surface area contributed by atoms with E-state index in [2.05, 4.69) is 42.5 Å². The summed E-state index contributed by atoms with van der Waals surface area (Å²) in [4.78, 5) is 165. The lowest BCUT2D eigenvalue weighted by Crippen LogP contribution is -2.60. The summed E-state index contributed by atoms with van der Waals surface area (Å²) in [5, 5.41) is 44.2. The number of benzene rings is 5. The molecule has 31 nitrogen and oxygen atoms in total. The molecule has 0 saturated carbocycles. The van der Waals surface area contributed by atoms with Crippen molar-refractivity contribution in [3.8, 4) is 0 Å². The van der Waals surface area contributed by atoms with Gasteiger partial charge in [0.15, 0.2) is 0 Å². The Balaban J connectivity index is 0.930. The fourth-order valence-electron chi connectivity index (χ4n) is 13.2. The van der Waals surface area contributed by atoms with Crippen molar-refractivity contribution in [1.82, 2.24) is 52.3 Å². The zero-order valence-electron chi connectivity index (χ0n) is 58.7. The van der Waals surface area contributed by atoms with Gasteiger partial charge in [-0.1, -0.05) is 90.1 Å². The largest absolute Gasteiger partial charge is 0.445 e. The van der Waals surface area contributed by atoms with E-state index in [0.29, 0.717) is 24.0 Å². The van der Waals surface area contributed by atoms with Crippen LogP contribution in [0.5, 0.6) is 0 Å². The van der Waals surface area contributed by atoms with Crippen LogP contribution in [-0.2, 0) is 74.4 Å². The van der Waals surface area contributed by atoms with E-state index in [1.165, 1.54) is 72.2 Å². The number of carbonyl (C=O) groups excluding carboxylic acids is 10. The van der Waals surface area contributed by atoms with Crippen molar-refractivity contribution in [2.45, 2.75) is 185 Å². The molecule has 2 fully saturated rings. The van der Waals surface area contributed by atoms with Crippen LogP contribution in [0.2, 0.25) is 0 Å². The number of amides is 10. The molecule has 0 radical (unpaired) electrons. The van der Waals surface area contributed by atoms with Gasteiger partial charge in [0.1, 0.15) is 49.5 Å². The zero-order chi connectivity index (χ0) is 75.7. The number of alkyl carbamates (subject to hydrolysis) is 2. The summed E-state index contributed by atoms with van der Waals surface area (Å²) >= 11 is 0. The molecule has 5 aromatic carbocycles. The number of non-ortho nitro benzene ring substituents is 2. The molecule has 554 valence electrons. The Morgan fingerprint density at radius 2 is 0.904 bits per heavy atom. The van der Waals surface area contributed by atoms with Gasteiger partial charge < -0.3 is 61.8 Å². The van der Waals surface area contributed by atoms with E-state index in [9.17, 15) is 71.6 Å². The van der Waals surface area contributed by atoms with E-state index >= 15 is 9.59 Å². The van der Waals surface area contributed by atoms with E-state index in [0.717, 1.165) is 66.1 Å². The van der Waals surface area contributed by atoms with Crippen molar-refractivity contribution in [2.75, 3.05) is 13.1 Å². The number of carbonyl (C=O) groups is 10. The Morgan fingerprint density at radius 1 is 0.538 bits per heavy atom. The summed E-state index contributed by atoms with van der Waals surface area (Å²) < 4.78 is 47.1. The molecule has 4 aliphatic rings. The minimum Gasteiger partial charge on any atom is -0.445 e. The van der Waals surface area contributed by atoms with Gasteiger partial charge in [-0.3, -0.25) is 63.1 Å². The predicted molar refractivity (Wildman–Crippen MR) is 374 cm³/mol. The molecular weight excluding hydrogens is 1370 g/mol. The lowest BCUT2D eigenvalue weighted by Gasteiger charge is -2.36. The van der Waals surface area contributed by atoms with Gasteiger partial charge in [-0.15, -0.1) is 0 Å². The second kappa shape index (κ2) is 32.6. The molecule has 32 heteroatoms. The molecule has 2 aliphatic heterocycles. The molecule has 104 heavy (non-hydrogen) atoms. The second-order valence-corrected chi connectivity index (χ2v) is 30.1. The third-order valence-electron chi connectivity index (χ3n) is 18.8. The number of rotatable bonds is 23. The summed E-state index contributed by atoms with van der Waals surface area (Å²) in [6, 6.07) is 17.3. The Bertz CT molecular complexity index is 4010. The van der Waals surface area contributed by atoms with Crippen LogP contribution in [0.25, 0.3) is 0 Å². The standard InChI is InChI=1S/C72H86N12O19S/c1-40(73-69(93)102-38-42-23-27-50(28-24-42)83(95)96)61(85)79-59(71(3,4)5)67(91)81-36-48(34-57(81)65(89)77-55-21-13-17-44-15-9-11-19-53(44)55)75-63(87)46-31-47(33-52(32-46)104(99,100)101)64(88)76-49-35-58(66(90)78-56-22-14-18-45-16-10-12-20-54(45)56)82(37-49)68(92)60(72(6,7)8)80-62(86)41(2)74-70(94)103-39-43-25-29-51(30-26-43)84(97)98/h9-12,15-16,19-20,23-33,40-41,48-49,55-60H,13-14,17-18,21-22,34-39H2,1-8H3,(H,73,93)(H,74,94)(H,75,87)(H,76,88)(H,77,89)(H,78,90)(H,79,85)(H,80,86)(H,99,100,101)/t40-,41-,48-,49-,55+,56+,57-,58?,59+,60?/m0/s1. The average Bonchev–Trinajstić information content (AvgIpc) is 1.73. The molecule has 10 atom stereocenters. The first-order valence-electron chi connectivity index (χ1n) is 34.1. The maximum absolute atomic E-state index is 15.2. The topological polar surface area (TPSA) is 433 Å². The van der Waals surface area contributed by atoms with E-state index < -0.39 is 167 Å². The highest BCUT2D eigenvalue weighted by atomic mass is 32.2. The first-order chi connectivity index (χ1) is 49.0. The normalized spacial score (nSPS) is 19.7. The van der Waals surface area contributed by atoms with Crippen LogP contribution < -0.4 is 42.5 Å². The number of nitro benzene ring substituents is 2. The summed E-state index contributed by atoms with van der Waals surface area (Å²) in [5.74, 6) is -6.36. The van der Waals surface area contributed by atoms with Crippen LogP contribution in [0.3, 0.4) is 0 Å². The van der Waals surface area contributed by atoms with Gasteiger partial charge in [0.05, 0.1) is 26.8 Å². The van der Waals surface area contributed by atoms with Crippen molar-refractivity contribution >= 4 is 80.9 Å². The van der Waals surface area contributed by atoms with Crippen molar-refractivity contribution in [1.29, 1.82) is 0 Å². The van der Waals surface area contributed by atoms with E-state index in [4.69, 9.17) is 9.47 Å². The Labute approximate surface area is 600 Å². The minimum absolute atomic E-state index is 0.174. The number of nitrogens with zero attached hydrogens (tertiary/aromatic N) is 4. The molecular formula is C72H86N12O19S. The van der Waals surface area contributed by atoms with E-state index in [-0.39, 0.29) is 50.5 Å². The van der Waals surface area contributed by atoms with Crippen LogP contribution >= 0.6 is 0 Å². The zero-order valence-corrected chi connectivity index (χ0v) is 59.5. The Hall–Kier alpha value is -10.9. The fraction of sp³-hybridized carbons (Fsp3) is 0.444. The number of hydrogen-bond donors (Lipinski definition) is 9. The van der Waals surface area contributed by atoms with Gasteiger partial charge in [0, 0.05) is 60.6 Å². The van der Waals surface area contributed by atoms with Gasteiger partial charge >= 0.3 is 12.2 Å². The number of nitrogens with one attached hydrogen (secondary N) is 8. The van der Waals surface area contributed by atoms with Gasteiger partial charge in [0.2, 0.25) is 35.4 Å². The first-order valence-corrected chi connectivity index (χ1v) is 35.5. The Morgan fingerprint density at radius 3 is 1.25 bits per heavy atom. The summed E-state index contributed by atoms with van der Waals surface area (Å²) in [6.07, 6.45) is 1.64. The molecule has 2 unspecified atom stereocenters. The van der Waals surface area contributed by atoms with Crippen LogP contribution in [0, 0.1) is 31.1 Å². The van der Waals surface area contributed by atoms with Crippen molar-refractivity contribution < 1.29 is 80.2 Å². The SMILES string of the molecule is C[C@H](NC(=O)OCc1ccc([N+](=O)[O-])cc1)C(=O)NC(C(=O)N1C[C@@H](NC(=O)c2cc(C(=O)N[C@H]3C[C@@H](C(=O)N[C@@H]4CCCc5ccccc54)N(C(=O)[C@@H](NC(=O)[C@H](C)NC(=O)OCc4ccc([N+](=O)[O-])cc4)C(C)(C)C)C3)cc(S(=O)(=O)O)c2)CC1C(=O)N[C@@H]1CCCc2ccccc21)C(C)(C)C. The molecule has 2 saturated heterocycles. The third kappa shape index (κ3) is 19.4. The number of ether oxygens (including phenoxy) is 2. The third-order valence-corrected chi connectivity index (χ3v) is 19.7. The average molecular weight is 1460 g/mol. The van der Waals surface area contributed by atoms with Crippen LogP contribution in [0.15, 0.2) is 120 Å². The van der Waals surface area contributed by atoms with Gasteiger partial charge in [-0.2, -0.15) is 8.42 Å². The minimum atomic E-state index is -5.19.